The van der Waals surface area contributed by atoms with Crippen LogP contribution in [0.4, 0.5) is 5.69 Å². The van der Waals surface area contributed by atoms with Crippen molar-refractivity contribution in [1.29, 1.82) is 0 Å². The van der Waals surface area contributed by atoms with Gasteiger partial charge in [-0.2, -0.15) is 0 Å². The fourth-order valence-corrected chi connectivity index (χ4v) is 3.61. The summed E-state index contributed by atoms with van der Waals surface area (Å²) in [5.74, 6) is -1.60. The third-order valence-electron chi connectivity index (χ3n) is 4.63. The van der Waals surface area contributed by atoms with Gasteiger partial charge in [-0.05, 0) is 25.1 Å². The molecule has 1 heterocycles. The number of ketones is 1. The largest absolute Gasteiger partial charge is 0.375 e. The van der Waals surface area contributed by atoms with Crippen LogP contribution in [0, 0.1) is 5.92 Å². The number of benzene rings is 2. The van der Waals surface area contributed by atoms with Crippen LogP contribution in [-0.4, -0.2) is 23.3 Å². The van der Waals surface area contributed by atoms with Crippen LogP contribution in [0.3, 0.4) is 0 Å². The highest BCUT2D eigenvalue weighted by Crippen LogP contribution is 2.46. The number of rotatable bonds is 4. The van der Waals surface area contributed by atoms with E-state index in [4.69, 9.17) is 0 Å². The van der Waals surface area contributed by atoms with Crippen LogP contribution in [0.15, 0.2) is 53.0 Å². The van der Waals surface area contributed by atoms with Gasteiger partial charge in [-0.3, -0.25) is 9.59 Å². The number of carbonyl (C=O) groups is 2. The summed E-state index contributed by atoms with van der Waals surface area (Å²) in [6.07, 6.45) is 0. The Morgan fingerprint density at radius 1 is 1.25 bits per heavy atom. The van der Waals surface area contributed by atoms with Crippen molar-refractivity contribution in [3.05, 3.63) is 64.1 Å². The summed E-state index contributed by atoms with van der Waals surface area (Å²) in [5.41, 5.74) is -0.249. The van der Waals surface area contributed by atoms with Gasteiger partial charge in [-0.25, -0.2) is 0 Å². The van der Waals surface area contributed by atoms with Crippen LogP contribution in [0.1, 0.15) is 29.8 Å². The maximum Gasteiger partial charge on any atom is 0.264 e. The van der Waals surface area contributed by atoms with Gasteiger partial charge in [-0.1, -0.05) is 53.2 Å². The highest BCUT2D eigenvalue weighted by molar-refractivity contribution is 9.10. The lowest BCUT2D eigenvalue weighted by Gasteiger charge is -2.28. The number of halogens is 1. The Morgan fingerprint density at radius 2 is 1.92 bits per heavy atom. The second kappa shape index (κ2) is 6.15. The molecule has 0 aromatic heterocycles. The number of nitrogens with zero attached hydrogens (tertiary/aromatic N) is 1. The summed E-state index contributed by atoms with van der Waals surface area (Å²) in [4.78, 5) is 27.3. The zero-order chi connectivity index (χ0) is 17.5. The normalized spacial score (nSPS) is 20.8. The molecule has 0 aliphatic carbocycles. The standard InChI is InChI=1S/C19H18BrNO3/c1-3-21-16-10-9-14(20)11-15(16)19(24,18(21)23)12(2)17(22)13-7-5-4-6-8-13/h4-12,24H,3H2,1-2H3/t12-,19-/m1/s1. The van der Waals surface area contributed by atoms with Gasteiger partial charge in [0.1, 0.15) is 0 Å². The van der Waals surface area contributed by atoms with Crippen molar-refractivity contribution in [2.24, 2.45) is 5.92 Å². The summed E-state index contributed by atoms with van der Waals surface area (Å²) >= 11 is 3.38. The Morgan fingerprint density at radius 3 is 2.54 bits per heavy atom. The highest BCUT2D eigenvalue weighted by Gasteiger charge is 2.55. The molecule has 0 unspecified atom stereocenters. The van der Waals surface area contributed by atoms with Crippen molar-refractivity contribution in [1.82, 2.24) is 0 Å². The van der Waals surface area contributed by atoms with Crippen LogP contribution in [-0.2, 0) is 10.4 Å². The molecule has 24 heavy (non-hydrogen) atoms. The minimum atomic E-state index is -1.86. The van der Waals surface area contributed by atoms with E-state index < -0.39 is 17.4 Å². The Bertz CT molecular complexity index is 806. The predicted octanol–water partition coefficient (Wildman–Crippen LogP) is 3.52. The molecule has 4 nitrogen and oxygen atoms in total. The molecular formula is C19H18BrNO3. The molecule has 5 heteroatoms. The van der Waals surface area contributed by atoms with Crippen molar-refractivity contribution < 1.29 is 14.7 Å². The number of hydrogen-bond donors (Lipinski definition) is 1. The number of likely N-dealkylation sites (N-methyl/N-ethyl adjacent to an activating group) is 1. The van der Waals surface area contributed by atoms with Gasteiger partial charge in [0.25, 0.3) is 5.91 Å². The molecule has 0 saturated heterocycles. The summed E-state index contributed by atoms with van der Waals surface area (Å²) < 4.78 is 0.754. The zero-order valence-electron chi connectivity index (χ0n) is 13.5. The van der Waals surface area contributed by atoms with Crippen molar-refractivity contribution >= 4 is 33.3 Å². The minimum absolute atomic E-state index is 0.254. The third kappa shape index (κ3) is 2.39. The first kappa shape index (κ1) is 16.9. The van der Waals surface area contributed by atoms with Gasteiger partial charge in [0, 0.05) is 22.1 Å². The number of aliphatic hydroxyl groups is 1. The maximum absolute atomic E-state index is 12.9. The first-order valence-electron chi connectivity index (χ1n) is 7.84. The van der Waals surface area contributed by atoms with E-state index >= 15 is 0 Å². The Kier molecular flexibility index (Phi) is 4.32. The lowest BCUT2D eigenvalue weighted by Crippen LogP contribution is -2.47. The molecule has 0 spiro atoms. The lowest BCUT2D eigenvalue weighted by atomic mass is 9.79. The van der Waals surface area contributed by atoms with Crippen LogP contribution in [0.25, 0.3) is 0 Å². The Balaban J connectivity index is 2.10. The SMILES string of the molecule is CCN1C(=O)[C@@](O)([C@H](C)C(=O)c2ccccc2)c2cc(Br)ccc21. The summed E-state index contributed by atoms with van der Waals surface area (Å²) in [6.45, 7) is 3.89. The zero-order valence-corrected chi connectivity index (χ0v) is 15.1. The molecule has 2 atom stereocenters. The number of carbonyl (C=O) groups excluding carboxylic acids is 2. The summed E-state index contributed by atoms with van der Waals surface area (Å²) in [5, 5.41) is 11.3. The van der Waals surface area contributed by atoms with Crippen molar-refractivity contribution in [2.75, 3.05) is 11.4 Å². The molecule has 1 N–H and O–H groups in total. The van der Waals surface area contributed by atoms with E-state index in [1.807, 2.05) is 19.1 Å². The first-order chi connectivity index (χ1) is 11.4. The van der Waals surface area contributed by atoms with Gasteiger partial charge < -0.3 is 10.0 Å². The Labute approximate surface area is 149 Å². The molecule has 1 amide bonds. The van der Waals surface area contributed by atoms with E-state index in [-0.39, 0.29) is 5.78 Å². The molecule has 0 fully saturated rings. The van der Waals surface area contributed by atoms with Gasteiger partial charge in [0.05, 0.1) is 11.6 Å². The van der Waals surface area contributed by atoms with Crippen molar-refractivity contribution in [2.45, 2.75) is 19.4 Å². The number of fused-ring (bicyclic) bond motifs is 1. The third-order valence-corrected chi connectivity index (χ3v) is 5.12. The molecule has 124 valence electrons. The summed E-state index contributed by atoms with van der Waals surface area (Å²) in [7, 11) is 0. The summed E-state index contributed by atoms with van der Waals surface area (Å²) in [6, 6.07) is 14.1. The van der Waals surface area contributed by atoms with Gasteiger partial charge in [0.2, 0.25) is 0 Å². The molecule has 0 radical (unpaired) electrons. The predicted molar refractivity (Wildman–Crippen MR) is 96.0 cm³/mol. The Hall–Kier alpha value is -1.98. The second-order valence-electron chi connectivity index (χ2n) is 5.93. The quantitative estimate of drug-likeness (QED) is 0.816. The van der Waals surface area contributed by atoms with Crippen LogP contribution in [0.5, 0.6) is 0 Å². The maximum atomic E-state index is 12.9. The molecule has 1 aliphatic heterocycles. The van der Waals surface area contributed by atoms with E-state index in [1.165, 1.54) is 4.90 Å². The fraction of sp³-hybridized carbons (Fsp3) is 0.263. The van der Waals surface area contributed by atoms with Gasteiger partial charge >= 0.3 is 0 Å². The van der Waals surface area contributed by atoms with Gasteiger partial charge in [-0.15, -0.1) is 0 Å². The van der Waals surface area contributed by atoms with E-state index in [0.29, 0.717) is 23.4 Å². The van der Waals surface area contributed by atoms with Crippen molar-refractivity contribution in [3.63, 3.8) is 0 Å². The first-order valence-corrected chi connectivity index (χ1v) is 8.64. The smallest absolute Gasteiger partial charge is 0.264 e. The molecule has 2 aromatic carbocycles. The number of amides is 1. The van der Waals surface area contributed by atoms with Crippen molar-refractivity contribution in [3.8, 4) is 0 Å². The fourth-order valence-electron chi connectivity index (χ4n) is 3.25. The molecule has 3 rings (SSSR count). The van der Waals surface area contributed by atoms with Gasteiger partial charge in [0.15, 0.2) is 11.4 Å². The molecular weight excluding hydrogens is 370 g/mol. The van der Waals surface area contributed by atoms with Crippen LogP contribution >= 0.6 is 15.9 Å². The number of Topliss-reactive ketones (excluding diaryl/α,β-unsaturated/α-hetero) is 1. The lowest BCUT2D eigenvalue weighted by molar-refractivity contribution is -0.139. The average Bonchev–Trinajstić information content (AvgIpc) is 2.82. The highest BCUT2D eigenvalue weighted by atomic mass is 79.9. The van der Waals surface area contributed by atoms with E-state index in [0.717, 1.165) is 4.47 Å². The molecule has 1 aliphatic rings. The monoisotopic (exact) mass is 387 g/mol. The number of anilines is 1. The van der Waals surface area contributed by atoms with E-state index in [9.17, 15) is 14.7 Å². The van der Waals surface area contributed by atoms with E-state index in [1.54, 1.807) is 43.3 Å². The molecule has 0 bridgehead atoms. The second-order valence-corrected chi connectivity index (χ2v) is 6.84. The topological polar surface area (TPSA) is 57.6 Å². The molecule has 2 aromatic rings. The van der Waals surface area contributed by atoms with E-state index in [2.05, 4.69) is 15.9 Å². The average molecular weight is 388 g/mol. The molecule has 0 saturated carbocycles. The minimum Gasteiger partial charge on any atom is -0.375 e. The number of hydrogen-bond acceptors (Lipinski definition) is 3. The van der Waals surface area contributed by atoms with Crippen LogP contribution in [0.2, 0.25) is 0 Å². The van der Waals surface area contributed by atoms with Crippen LogP contribution < -0.4 is 4.90 Å².